The minimum atomic E-state index is -4.65. The third-order valence-corrected chi connectivity index (χ3v) is 1.89. The first-order valence-corrected chi connectivity index (χ1v) is 3.86. The van der Waals surface area contributed by atoms with Crippen LogP contribution in [0, 0.1) is 0 Å². The fourth-order valence-electron chi connectivity index (χ4n) is 0.855. The molecular weight excluding hydrogens is 221 g/mol. The van der Waals surface area contributed by atoms with Crippen molar-refractivity contribution in [2.45, 2.75) is 25.1 Å². The van der Waals surface area contributed by atoms with Crippen molar-refractivity contribution in [2.75, 3.05) is 0 Å². The summed E-state index contributed by atoms with van der Waals surface area (Å²) in [7, 11) is 0. The number of H-pyrrole nitrogens is 1. The predicted molar refractivity (Wildman–Crippen MR) is 41.1 cm³/mol. The van der Waals surface area contributed by atoms with Crippen LogP contribution < -0.4 is 5.73 Å². The van der Waals surface area contributed by atoms with E-state index in [1.54, 1.807) is 5.10 Å². The van der Waals surface area contributed by atoms with Crippen LogP contribution in [-0.4, -0.2) is 16.6 Å². The number of nitrogens with zero attached hydrogens (tertiary/aromatic N) is 1. The number of alkyl halides is 5. The molecule has 3 nitrogen and oxygen atoms in total. The number of hydrogen-bond donors (Lipinski definition) is 2. The van der Waals surface area contributed by atoms with Crippen LogP contribution in [0.5, 0.6) is 0 Å². The van der Waals surface area contributed by atoms with Crippen molar-refractivity contribution in [3.63, 3.8) is 0 Å². The van der Waals surface area contributed by atoms with Gasteiger partial charge in [0.25, 0.3) is 6.43 Å². The molecular formula is C7H8F5N3. The van der Waals surface area contributed by atoms with Gasteiger partial charge in [-0.05, 0) is 13.0 Å². The normalized spacial score (nSPS) is 16.8. The molecule has 0 spiro atoms. The third kappa shape index (κ3) is 2.25. The largest absolute Gasteiger partial charge is 0.432 e. The highest BCUT2D eigenvalue weighted by atomic mass is 19.4. The molecule has 1 atom stereocenters. The zero-order chi connectivity index (χ0) is 11.9. The molecule has 1 unspecified atom stereocenters. The fourth-order valence-corrected chi connectivity index (χ4v) is 0.855. The monoisotopic (exact) mass is 229 g/mol. The Bertz CT molecular complexity index is 341. The van der Waals surface area contributed by atoms with Gasteiger partial charge in [-0.15, -0.1) is 0 Å². The summed E-state index contributed by atoms with van der Waals surface area (Å²) in [4.78, 5) is 0. The smallest absolute Gasteiger partial charge is 0.316 e. The maximum atomic E-state index is 12.3. The Morgan fingerprint density at radius 1 is 1.40 bits per heavy atom. The Morgan fingerprint density at radius 2 is 1.93 bits per heavy atom. The molecule has 1 aromatic rings. The molecule has 1 rings (SSSR count). The van der Waals surface area contributed by atoms with Crippen molar-refractivity contribution in [1.29, 1.82) is 0 Å². The van der Waals surface area contributed by atoms with Gasteiger partial charge in [-0.1, -0.05) is 0 Å². The van der Waals surface area contributed by atoms with E-state index in [4.69, 9.17) is 5.73 Å². The van der Waals surface area contributed by atoms with Gasteiger partial charge in [-0.25, -0.2) is 8.78 Å². The molecule has 15 heavy (non-hydrogen) atoms. The Kier molecular flexibility index (Phi) is 2.73. The van der Waals surface area contributed by atoms with E-state index >= 15 is 0 Å². The van der Waals surface area contributed by atoms with Gasteiger partial charge in [0, 0.05) is 0 Å². The topological polar surface area (TPSA) is 54.7 Å². The molecule has 1 heterocycles. The van der Waals surface area contributed by atoms with E-state index in [1.165, 1.54) is 0 Å². The minimum Gasteiger partial charge on any atom is -0.316 e. The quantitative estimate of drug-likeness (QED) is 0.760. The van der Waals surface area contributed by atoms with E-state index < -0.39 is 29.5 Å². The maximum absolute atomic E-state index is 12.3. The summed E-state index contributed by atoms with van der Waals surface area (Å²) in [6.45, 7) is 0.911. The number of aromatic amines is 1. The van der Waals surface area contributed by atoms with E-state index in [0.29, 0.717) is 6.07 Å². The lowest BCUT2D eigenvalue weighted by molar-refractivity contribution is -0.141. The highest BCUT2D eigenvalue weighted by Crippen LogP contribution is 2.31. The second-order valence-electron chi connectivity index (χ2n) is 3.25. The van der Waals surface area contributed by atoms with Crippen LogP contribution in [0.3, 0.4) is 0 Å². The van der Waals surface area contributed by atoms with Crippen LogP contribution in [0.15, 0.2) is 6.07 Å². The first-order valence-electron chi connectivity index (χ1n) is 3.86. The molecule has 0 aliphatic heterocycles. The van der Waals surface area contributed by atoms with Gasteiger partial charge < -0.3 is 5.73 Å². The molecule has 8 heteroatoms. The molecule has 0 radical (unpaired) electrons. The molecule has 0 amide bonds. The van der Waals surface area contributed by atoms with Crippen molar-refractivity contribution in [3.8, 4) is 0 Å². The molecule has 3 N–H and O–H groups in total. The van der Waals surface area contributed by atoms with E-state index in [1.807, 2.05) is 0 Å². The number of aromatic nitrogens is 2. The van der Waals surface area contributed by atoms with Crippen molar-refractivity contribution < 1.29 is 22.0 Å². The third-order valence-electron chi connectivity index (χ3n) is 1.89. The molecule has 0 saturated heterocycles. The van der Waals surface area contributed by atoms with Gasteiger partial charge in [0.15, 0.2) is 0 Å². The molecule has 86 valence electrons. The molecule has 1 aromatic heterocycles. The average Bonchev–Trinajstić information content (AvgIpc) is 2.50. The maximum Gasteiger partial charge on any atom is 0.432 e. The Hall–Kier alpha value is -1.18. The van der Waals surface area contributed by atoms with Crippen molar-refractivity contribution in [1.82, 2.24) is 10.2 Å². The summed E-state index contributed by atoms with van der Waals surface area (Å²) in [6, 6.07) is 0.478. The van der Waals surface area contributed by atoms with Crippen molar-refractivity contribution >= 4 is 0 Å². The minimum absolute atomic E-state index is 0.478. The molecule has 0 fully saturated rings. The summed E-state index contributed by atoms with van der Waals surface area (Å²) < 4.78 is 61.0. The number of nitrogens with two attached hydrogens (primary N) is 1. The fraction of sp³-hybridized carbons (Fsp3) is 0.571. The Balaban J connectivity index is 3.04. The second kappa shape index (κ2) is 3.44. The molecule has 0 aliphatic carbocycles. The summed E-state index contributed by atoms with van der Waals surface area (Å²) in [6.07, 6.45) is -7.65. The average molecular weight is 229 g/mol. The molecule has 0 saturated carbocycles. The zero-order valence-corrected chi connectivity index (χ0v) is 7.57. The molecule has 0 aliphatic rings. The number of hydrogen-bond acceptors (Lipinski definition) is 2. The highest BCUT2D eigenvalue weighted by molar-refractivity contribution is 5.19. The SMILES string of the molecule is CC(N)(c1cc(C(F)(F)F)[nH]n1)C(F)F. The highest BCUT2D eigenvalue weighted by Gasteiger charge is 2.39. The van der Waals surface area contributed by atoms with Gasteiger partial charge >= 0.3 is 6.18 Å². The predicted octanol–water partition coefficient (Wildman–Crippen LogP) is 1.87. The van der Waals surface area contributed by atoms with Gasteiger partial charge in [0.1, 0.15) is 11.2 Å². The lowest BCUT2D eigenvalue weighted by Crippen LogP contribution is -2.41. The second-order valence-corrected chi connectivity index (χ2v) is 3.25. The Labute approximate surface area is 81.5 Å². The number of nitrogens with one attached hydrogen (secondary N) is 1. The van der Waals surface area contributed by atoms with Crippen LogP contribution in [0.1, 0.15) is 18.3 Å². The van der Waals surface area contributed by atoms with Crippen LogP contribution in [0.4, 0.5) is 22.0 Å². The first kappa shape index (κ1) is 11.9. The van der Waals surface area contributed by atoms with Crippen molar-refractivity contribution in [2.24, 2.45) is 5.73 Å². The van der Waals surface area contributed by atoms with Gasteiger partial charge in [0.05, 0.1) is 5.69 Å². The lowest BCUT2D eigenvalue weighted by Gasteiger charge is -2.20. The van der Waals surface area contributed by atoms with E-state index in [0.717, 1.165) is 6.92 Å². The van der Waals surface area contributed by atoms with Gasteiger partial charge in [-0.3, -0.25) is 5.10 Å². The van der Waals surface area contributed by atoms with Crippen LogP contribution in [0.2, 0.25) is 0 Å². The number of halogens is 5. The van der Waals surface area contributed by atoms with E-state index in [9.17, 15) is 22.0 Å². The summed E-state index contributed by atoms with van der Waals surface area (Å²) in [5, 5.41) is 4.74. The van der Waals surface area contributed by atoms with Crippen LogP contribution in [-0.2, 0) is 11.7 Å². The summed E-state index contributed by atoms with van der Waals surface area (Å²) in [5.41, 5.74) is 1.22. The first-order chi connectivity index (χ1) is 6.65. The standard InChI is InChI=1S/C7H8F5N3/c1-6(13,5(8)9)3-2-4(15-14-3)7(10,11)12/h2,5H,13H2,1H3,(H,14,15). The van der Waals surface area contributed by atoms with Crippen LogP contribution >= 0.6 is 0 Å². The zero-order valence-electron chi connectivity index (χ0n) is 7.57. The van der Waals surface area contributed by atoms with Crippen LogP contribution in [0.25, 0.3) is 0 Å². The van der Waals surface area contributed by atoms with E-state index in [2.05, 4.69) is 5.10 Å². The van der Waals surface area contributed by atoms with Gasteiger partial charge in [0.2, 0.25) is 0 Å². The summed E-state index contributed by atoms with van der Waals surface area (Å²) >= 11 is 0. The molecule has 0 aromatic carbocycles. The molecule has 0 bridgehead atoms. The Morgan fingerprint density at radius 3 is 2.27 bits per heavy atom. The number of rotatable bonds is 2. The van der Waals surface area contributed by atoms with Gasteiger partial charge in [-0.2, -0.15) is 18.3 Å². The van der Waals surface area contributed by atoms with Crippen molar-refractivity contribution in [3.05, 3.63) is 17.5 Å². The summed E-state index contributed by atoms with van der Waals surface area (Å²) in [5.74, 6) is 0. The lowest BCUT2D eigenvalue weighted by atomic mass is 10.00. The van der Waals surface area contributed by atoms with E-state index in [-0.39, 0.29) is 0 Å².